The molecule has 6 nitrogen and oxygen atoms in total. The molecule has 1 saturated heterocycles. The average Bonchev–Trinajstić information content (AvgIpc) is 3.10. The molecule has 0 spiro atoms. The summed E-state index contributed by atoms with van der Waals surface area (Å²) in [5.41, 5.74) is 2.38. The van der Waals surface area contributed by atoms with E-state index in [0.29, 0.717) is 12.1 Å². The van der Waals surface area contributed by atoms with Gasteiger partial charge in [0, 0.05) is 24.1 Å². The maximum Gasteiger partial charge on any atom is 0.362 e. The number of hydrogen-bond acceptors (Lipinski definition) is 6. The summed E-state index contributed by atoms with van der Waals surface area (Å²) in [6.45, 7) is 2.86. The van der Waals surface area contributed by atoms with Crippen LogP contribution in [-0.2, 0) is 10.2 Å². The van der Waals surface area contributed by atoms with Gasteiger partial charge in [-0.25, -0.2) is 9.78 Å². The Bertz CT molecular complexity index is 987. The normalized spacial score (nSPS) is 23.5. The molecular formula is C24H28N2O4. The van der Waals surface area contributed by atoms with Gasteiger partial charge in [0.2, 0.25) is 0 Å². The Labute approximate surface area is 177 Å². The quantitative estimate of drug-likeness (QED) is 0.700. The number of fused-ring (bicyclic) bond motifs is 1. The van der Waals surface area contributed by atoms with Crippen molar-refractivity contribution in [2.75, 3.05) is 27.8 Å². The van der Waals surface area contributed by atoms with Crippen LogP contribution in [0.1, 0.15) is 40.9 Å². The predicted octanol–water partition coefficient (Wildman–Crippen LogP) is 3.88. The molecule has 2 aromatic rings. The van der Waals surface area contributed by atoms with Crippen molar-refractivity contribution in [2.45, 2.75) is 37.6 Å². The van der Waals surface area contributed by atoms with E-state index < -0.39 is 5.97 Å². The highest BCUT2D eigenvalue weighted by Crippen LogP contribution is 2.49. The van der Waals surface area contributed by atoms with Crippen molar-refractivity contribution in [3.8, 4) is 11.5 Å². The van der Waals surface area contributed by atoms with E-state index >= 15 is 0 Å². The van der Waals surface area contributed by atoms with Gasteiger partial charge in [0.15, 0.2) is 17.2 Å². The largest absolute Gasteiger partial charge is 0.493 e. The fraction of sp³-hybridized carbons (Fsp3) is 0.417. The van der Waals surface area contributed by atoms with Gasteiger partial charge in [0.1, 0.15) is 5.76 Å². The molecule has 2 aliphatic rings. The Morgan fingerprint density at radius 1 is 1.20 bits per heavy atom. The number of allylic oxidation sites excluding steroid dienone is 1. The van der Waals surface area contributed by atoms with Gasteiger partial charge in [-0.1, -0.05) is 12.1 Å². The van der Waals surface area contributed by atoms with Gasteiger partial charge in [0.05, 0.1) is 14.2 Å². The number of hydrogen-bond donors (Lipinski definition) is 0. The predicted molar refractivity (Wildman–Crippen MR) is 114 cm³/mol. The summed E-state index contributed by atoms with van der Waals surface area (Å²) in [4.78, 5) is 19.2. The molecule has 1 aromatic heterocycles. The van der Waals surface area contributed by atoms with Crippen LogP contribution in [0.4, 0.5) is 0 Å². The second-order valence-electron chi connectivity index (χ2n) is 8.11. The Hall–Kier alpha value is -2.86. The molecular weight excluding hydrogens is 380 g/mol. The minimum atomic E-state index is -0.390. The van der Waals surface area contributed by atoms with Crippen molar-refractivity contribution in [2.24, 2.45) is 0 Å². The maximum absolute atomic E-state index is 12.6. The molecule has 4 rings (SSSR count). The third-order valence-electron chi connectivity index (χ3n) is 6.55. The van der Waals surface area contributed by atoms with E-state index in [-0.39, 0.29) is 11.5 Å². The summed E-state index contributed by atoms with van der Waals surface area (Å²) < 4.78 is 16.7. The van der Waals surface area contributed by atoms with Crippen molar-refractivity contribution in [1.82, 2.24) is 9.88 Å². The average molecular weight is 408 g/mol. The van der Waals surface area contributed by atoms with Crippen molar-refractivity contribution in [1.29, 1.82) is 0 Å². The molecule has 2 heterocycles. The van der Waals surface area contributed by atoms with Crippen LogP contribution in [0, 0.1) is 6.92 Å². The van der Waals surface area contributed by atoms with Crippen LogP contribution < -0.4 is 9.47 Å². The van der Waals surface area contributed by atoms with Gasteiger partial charge in [0.25, 0.3) is 0 Å². The summed E-state index contributed by atoms with van der Waals surface area (Å²) in [7, 11) is 5.45. The molecule has 1 aromatic carbocycles. The number of aryl methyl sites for hydroxylation is 1. The topological polar surface area (TPSA) is 60.9 Å². The van der Waals surface area contributed by atoms with E-state index in [1.807, 2.05) is 25.1 Å². The minimum Gasteiger partial charge on any atom is -0.493 e. The van der Waals surface area contributed by atoms with Crippen molar-refractivity contribution >= 4 is 5.97 Å². The van der Waals surface area contributed by atoms with Gasteiger partial charge in [-0.3, -0.25) is 0 Å². The SMILES string of the molecule is COc1ccc([C@@]23CC=C(OC(=O)c4ncccc4C)C[C@@H]2N(C)CC3)cc1OC. The van der Waals surface area contributed by atoms with E-state index in [4.69, 9.17) is 14.2 Å². The number of methoxy groups -OCH3 is 2. The molecule has 0 N–H and O–H groups in total. The highest BCUT2D eigenvalue weighted by atomic mass is 16.5. The van der Waals surface area contributed by atoms with Gasteiger partial charge >= 0.3 is 5.97 Å². The first kappa shape index (κ1) is 20.4. The second-order valence-corrected chi connectivity index (χ2v) is 8.11. The molecule has 0 saturated carbocycles. The lowest BCUT2D eigenvalue weighted by Crippen LogP contribution is -2.43. The smallest absolute Gasteiger partial charge is 0.362 e. The lowest BCUT2D eigenvalue weighted by Gasteiger charge is -2.40. The first-order chi connectivity index (χ1) is 14.5. The fourth-order valence-electron chi connectivity index (χ4n) is 4.83. The van der Waals surface area contributed by atoms with Crippen LogP contribution in [0.2, 0.25) is 0 Å². The van der Waals surface area contributed by atoms with Crippen molar-refractivity contribution < 1.29 is 19.0 Å². The zero-order valence-corrected chi connectivity index (χ0v) is 18.0. The third kappa shape index (κ3) is 3.45. The number of esters is 1. The lowest BCUT2D eigenvalue weighted by atomic mass is 9.68. The standard InChI is InChI=1S/C24H28N2O4/c1-16-6-5-12-25-22(16)23(27)30-18-9-10-24(11-13-26(2)21(24)15-18)17-7-8-19(28-3)20(14-17)29-4/h5-9,12,14,21H,10-11,13,15H2,1-4H3/t21-,24-/m0/s1. The molecule has 0 unspecified atom stereocenters. The number of likely N-dealkylation sites (N-methyl/N-ethyl adjacent to an activating group) is 1. The molecule has 0 bridgehead atoms. The highest BCUT2D eigenvalue weighted by Gasteiger charge is 2.49. The van der Waals surface area contributed by atoms with Crippen LogP contribution in [0.25, 0.3) is 0 Å². The Morgan fingerprint density at radius 3 is 2.73 bits per heavy atom. The maximum atomic E-state index is 12.6. The first-order valence-electron chi connectivity index (χ1n) is 10.2. The summed E-state index contributed by atoms with van der Waals surface area (Å²) in [6, 6.07) is 10.1. The van der Waals surface area contributed by atoms with E-state index in [1.165, 1.54) is 5.56 Å². The van der Waals surface area contributed by atoms with Crippen LogP contribution in [-0.4, -0.2) is 49.7 Å². The number of likely N-dealkylation sites (tertiary alicyclic amines) is 1. The second kappa shape index (κ2) is 8.11. The summed E-state index contributed by atoms with van der Waals surface area (Å²) in [5, 5.41) is 0. The zero-order valence-electron chi connectivity index (χ0n) is 18.0. The monoisotopic (exact) mass is 408 g/mol. The van der Waals surface area contributed by atoms with Gasteiger partial charge in [-0.05, 0) is 68.8 Å². The van der Waals surface area contributed by atoms with Gasteiger partial charge in [-0.2, -0.15) is 0 Å². The number of pyridine rings is 1. The van der Waals surface area contributed by atoms with E-state index in [9.17, 15) is 4.79 Å². The van der Waals surface area contributed by atoms with E-state index in [2.05, 4.69) is 35.1 Å². The molecule has 2 atom stereocenters. The molecule has 6 heteroatoms. The number of benzene rings is 1. The van der Waals surface area contributed by atoms with Crippen LogP contribution in [0.5, 0.6) is 11.5 Å². The zero-order chi connectivity index (χ0) is 21.3. The molecule has 30 heavy (non-hydrogen) atoms. The Kier molecular flexibility index (Phi) is 5.52. The molecule has 1 fully saturated rings. The van der Waals surface area contributed by atoms with E-state index in [1.54, 1.807) is 20.4 Å². The van der Waals surface area contributed by atoms with Crippen molar-refractivity contribution in [3.63, 3.8) is 0 Å². The number of rotatable bonds is 5. The number of ether oxygens (including phenoxy) is 3. The lowest BCUT2D eigenvalue weighted by molar-refractivity contribution is 0.0572. The molecule has 0 radical (unpaired) electrons. The van der Waals surface area contributed by atoms with Crippen LogP contribution in [0.3, 0.4) is 0 Å². The highest BCUT2D eigenvalue weighted by molar-refractivity contribution is 5.89. The number of nitrogens with zero attached hydrogens (tertiary/aromatic N) is 2. The number of carbonyl (C=O) groups excluding carboxylic acids is 1. The first-order valence-corrected chi connectivity index (χ1v) is 10.2. The number of carbonyl (C=O) groups is 1. The fourth-order valence-corrected chi connectivity index (χ4v) is 4.83. The summed E-state index contributed by atoms with van der Waals surface area (Å²) >= 11 is 0. The Balaban J connectivity index is 1.62. The van der Waals surface area contributed by atoms with Gasteiger partial charge < -0.3 is 19.1 Å². The number of aromatic nitrogens is 1. The molecule has 158 valence electrons. The Morgan fingerprint density at radius 2 is 2.00 bits per heavy atom. The summed E-state index contributed by atoms with van der Waals surface area (Å²) in [6.07, 6.45) is 6.22. The molecule has 1 aliphatic carbocycles. The van der Waals surface area contributed by atoms with Crippen molar-refractivity contribution in [3.05, 3.63) is 65.2 Å². The molecule has 1 aliphatic heterocycles. The van der Waals surface area contributed by atoms with Crippen LogP contribution >= 0.6 is 0 Å². The van der Waals surface area contributed by atoms with Crippen LogP contribution in [0.15, 0.2) is 48.4 Å². The third-order valence-corrected chi connectivity index (χ3v) is 6.55. The van der Waals surface area contributed by atoms with Gasteiger partial charge in [-0.15, -0.1) is 0 Å². The minimum absolute atomic E-state index is 0.0366. The molecule has 0 amide bonds. The van der Waals surface area contributed by atoms with E-state index in [0.717, 1.165) is 42.2 Å². The summed E-state index contributed by atoms with van der Waals surface area (Å²) in [5.74, 6) is 1.80.